The van der Waals surface area contributed by atoms with Gasteiger partial charge in [0, 0.05) is 19.8 Å². The van der Waals surface area contributed by atoms with Gasteiger partial charge in [-0.2, -0.15) is 0 Å². The molecule has 3 rings (SSSR count). The van der Waals surface area contributed by atoms with Gasteiger partial charge < -0.3 is 13.3 Å². The minimum atomic E-state index is -1.09. The van der Waals surface area contributed by atoms with Gasteiger partial charge in [0.25, 0.3) is 0 Å². The Morgan fingerprint density at radius 3 is 0.750 bits per heavy atom. The lowest BCUT2D eigenvalue weighted by Crippen LogP contribution is -2.33. The molecular weight excluding hydrogens is 348 g/mol. The van der Waals surface area contributed by atoms with Crippen LogP contribution in [0.25, 0.3) is 0 Å². The summed E-state index contributed by atoms with van der Waals surface area (Å²) in [6.45, 7) is 16.9. The van der Waals surface area contributed by atoms with Gasteiger partial charge >= 0.3 is 0 Å². The predicted octanol–water partition coefficient (Wildman–Crippen LogP) is 6.01. The minimum Gasteiger partial charge on any atom is -0.417 e. The Balaban J connectivity index is 0.000000180. The minimum absolute atomic E-state index is 1.03. The van der Waals surface area contributed by atoms with Gasteiger partial charge in [0.15, 0.2) is 25.0 Å². The van der Waals surface area contributed by atoms with Gasteiger partial charge in [-0.1, -0.05) is 19.3 Å². The molecule has 3 aliphatic heterocycles. The van der Waals surface area contributed by atoms with E-state index in [1.165, 1.54) is 56.7 Å². The van der Waals surface area contributed by atoms with Crippen LogP contribution in [0.5, 0.6) is 0 Å². The molecule has 0 saturated carbocycles. The van der Waals surface area contributed by atoms with Crippen LogP contribution in [0.4, 0.5) is 0 Å². The molecule has 0 aliphatic carbocycles. The summed E-state index contributed by atoms with van der Waals surface area (Å²) in [6, 6.07) is 4.10. The van der Waals surface area contributed by atoms with Crippen molar-refractivity contribution in [1.29, 1.82) is 0 Å². The molecule has 0 aromatic rings. The molecule has 0 atom stereocenters. The second kappa shape index (κ2) is 10.6. The van der Waals surface area contributed by atoms with Gasteiger partial charge in [-0.3, -0.25) is 0 Å². The molecule has 0 radical (unpaired) electrons. The second-order valence-electron chi connectivity index (χ2n) is 9.20. The summed E-state index contributed by atoms with van der Waals surface area (Å²) in [7, 11) is -3.27. The van der Waals surface area contributed by atoms with Crippen molar-refractivity contribution in [1.82, 2.24) is 0 Å². The summed E-state index contributed by atoms with van der Waals surface area (Å²) in [5.74, 6) is 0. The lowest BCUT2D eigenvalue weighted by atomic mass is 10.4. The zero-order chi connectivity index (χ0) is 18.1. The summed E-state index contributed by atoms with van der Waals surface area (Å²) < 4.78 is 16.8. The standard InChI is InChI=1S/3C6H14OSi/c3*1-8(2)6-4-3-5-7-8/h3*3-6H2,1-2H3. The van der Waals surface area contributed by atoms with Crippen molar-refractivity contribution in [2.24, 2.45) is 0 Å². The molecule has 3 nitrogen and oxygen atoms in total. The highest BCUT2D eigenvalue weighted by Crippen LogP contribution is 2.21. The summed E-state index contributed by atoms with van der Waals surface area (Å²) >= 11 is 0. The molecule has 144 valence electrons. The molecule has 3 aliphatic rings. The number of hydrogen-bond donors (Lipinski definition) is 0. The van der Waals surface area contributed by atoms with Crippen molar-refractivity contribution in [3.8, 4) is 0 Å². The fourth-order valence-electron chi connectivity index (χ4n) is 3.22. The lowest BCUT2D eigenvalue weighted by Gasteiger charge is -2.27. The zero-order valence-electron chi connectivity index (χ0n) is 17.2. The van der Waals surface area contributed by atoms with E-state index in [1.807, 2.05) is 0 Å². The van der Waals surface area contributed by atoms with Crippen molar-refractivity contribution in [3.63, 3.8) is 0 Å². The maximum atomic E-state index is 5.60. The van der Waals surface area contributed by atoms with Crippen LogP contribution in [0.3, 0.4) is 0 Å². The maximum Gasteiger partial charge on any atom is 0.186 e. The van der Waals surface area contributed by atoms with Crippen LogP contribution in [-0.4, -0.2) is 44.8 Å². The molecule has 6 heteroatoms. The highest BCUT2D eigenvalue weighted by Gasteiger charge is 2.25. The van der Waals surface area contributed by atoms with Gasteiger partial charge in [0.2, 0.25) is 0 Å². The van der Waals surface area contributed by atoms with Crippen molar-refractivity contribution in [2.75, 3.05) is 19.8 Å². The van der Waals surface area contributed by atoms with Gasteiger partial charge in [-0.15, -0.1) is 0 Å². The van der Waals surface area contributed by atoms with Crippen LogP contribution in [0.15, 0.2) is 0 Å². The topological polar surface area (TPSA) is 27.7 Å². The first-order valence-corrected chi connectivity index (χ1v) is 19.4. The van der Waals surface area contributed by atoms with Gasteiger partial charge in [-0.25, -0.2) is 0 Å². The van der Waals surface area contributed by atoms with E-state index >= 15 is 0 Å². The van der Waals surface area contributed by atoms with E-state index in [1.54, 1.807) is 0 Å². The van der Waals surface area contributed by atoms with Crippen LogP contribution < -0.4 is 0 Å². The Labute approximate surface area is 154 Å². The molecule has 3 heterocycles. The third kappa shape index (κ3) is 11.2. The third-order valence-electron chi connectivity index (χ3n) is 5.00. The van der Waals surface area contributed by atoms with Crippen LogP contribution in [-0.2, 0) is 13.3 Å². The monoisotopic (exact) mass is 390 g/mol. The quantitative estimate of drug-likeness (QED) is 0.474. The Kier molecular flexibility index (Phi) is 9.99. The van der Waals surface area contributed by atoms with E-state index in [0.717, 1.165) is 19.8 Å². The molecule has 0 aromatic carbocycles. The first kappa shape index (κ1) is 22.6. The van der Waals surface area contributed by atoms with E-state index in [0.29, 0.717) is 0 Å². The van der Waals surface area contributed by atoms with Crippen LogP contribution in [0, 0.1) is 0 Å². The first-order valence-electron chi connectivity index (χ1n) is 10.0. The molecule has 3 fully saturated rings. The van der Waals surface area contributed by atoms with E-state index in [-0.39, 0.29) is 0 Å². The largest absolute Gasteiger partial charge is 0.417 e. The summed E-state index contributed by atoms with van der Waals surface area (Å²) in [6.07, 6.45) is 8.07. The van der Waals surface area contributed by atoms with Crippen LogP contribution in [0.2, 0.25) is 57.4 Å². The average molecular weight is 391 g/mol. The summed E-state index contributed by atoms with van der Waals surface area (Å²) in [5.41, 5.74) is 0. The molecule has 3 saturated heterocycles. The van der Waals surface area contributed by atoms with Crippen molar-refractivity contribution in [2.45, 2.75) is 95.9 Å². The van der Waals surface area contributed by atoms with Gasteiger partial charge in [0.1, 0.15) is 0 Å². The van der Waals surface area contributed by atoms with Crippen molar-refractivity contribution < 1.29 is 13.3 Å². The van der Waals surface area contributed by atoms with Crippen molar-refractivity contribution >= 4 is 25.0 Å². The SMILES string of the molecule is C[Si]1(C)CCCCO1.C[Si]1(C)CCCCO1.C[Si]1(C)CCCCO1. The first-order chi connectivity index (χ1) is 11.1. The fraction of sp³-hybridized carbons (Fsp3) is 1.00. The average Bonchev–Trinajstić information content (AvgIpc) is 2.48. The van der Waals surface area contributed by atoms with Crippen LogP contribution >= 0.6 is 0 Å². The van der Waals surface area contributed by atoms with Gasteiger partial charge in [-0.05, 0) is 76.7 Å². The van der Waals surface area contributed by atoms with E-state index in [4.69, 9.17) is 13.3 Å². The molecule has 0 unspecified atom stereocenters. The Bertz CT molecular complexity index is 270. The van der Waals surface area contributed by atoms with Crippen LogP contribution in [0.1, 0.15) is 38.5 Å². The normalized spacial score (nSPS) is 27.8. The Morgan fingerprint density at radius 1 is 0.417 bits per heavy atom. The molecule has 24 heavy (non-hydrogen) atoms. The molecule has 0 spiro atoms. The zero-order valence-corrected chi connectivity index (χ0v) is 20.2. The highest BCUT2D eigenvalue weighted by atomic mass is 28.4. The second-order valence-corrected chi connectivity index (χ2v) is 22.1. The predicted molar refractivity (Wildman–Crippen MR) is 112 cm³/mol. The fourth-order valence-corrected chi connectivity index (χ4v) is 9.05. The van der Waals surface area contributed by atoms with E-state index < -0.39 is 25.0 Å². The number of hydrogen-bond acceptors (Lipinski definition) is 3. The lowest BCUT2D eigenvalue weighted by molar-refractivity contribution is 0.275. The Hall–Kier alpha value is 0.531. The van der Waals surface area contributed by atoms with E-state index in [9.17, 15) is 0 Å². The smallest absolute Gasteiger partial charge is 0.186 e. The Morgan fingerprint density at radius 2 is 0.667 bits per heavy atom. The third-order valence-corrected chi connectivity index (χ3v) is 12.6. The molecule has 0 N–H and O–H groups in total. The molecule has 0 bridgehead atoms. The summed E-state index contributed by atoms with van der Waals surface area (Å²) in [5, 5.41) is 0. The highest BCUT2D eigenvalue weighted by molar-refractivity contribution is 6.71. The summed E-state index contributed by atoms with van der Waals surface area (Å²) in [4.78, 5) is 0. The number of rotatable bonds is 0. The molecular formula is C18H42O3Si3. The molecule has 0 aromatic heterocycles. The van der Waals surface area contributed by atoms with Gasteiger partial charge in [0.05, 0.1) is 0 Å². The van der Waals surface area contributed by atoms with Crippen molar-refractivity contribution in [3.05, 3.63) is 0 Å². The maximum absolute atomic E-state index is 5.60. The molecule has 0 amide bonds. The van der Waals surface area contributed by atoms with E-state index in [2.05, 4.69) is 39.3 Å².